The topological polar surface area (TPSA) is 102 Å². The van der Waals surface area contributed by atoms with Crippen molar-refractivity contribution in [3.8, 4) is 6.07 Å². The number of carbonyl (C=O) groups is 3. The molecular formula is C18H22N4O3. The zero-order valence-electron chi connectivity index (χ0n) is 14.8. The molecule has 1 aliphatic heterocycles. The van der Waals surface area contributed by atoms with Crippen molar-refractivity contribution in [3.05, 3.63) is 35.4 Å². The Morgan fingerprint density at radius 3 is 2.68 bits per heavy atom. The molecule has 1 fully saturated rings. The Balaban J connectivity index is 2.22. The molecule has 1 saturated heterocycles. The molecule has 1 aromatic carbocycles. The zero-order chi connectivity index (χ0) is 18.8. The van der Waals surface area contributed by atoms with Crippen molar-refractivity contribution in [2.24, 2.45) is 0 Å². The van der Waals surface area contributed by atoms with Gasteiger partial charge in [-0.1, -0.05) is 19.1 Å². The van der Waals surface area contributed by atoms with Gasteiger partial charge in [-0.3, -0.25) is 14.5 Å². The lowest BCUT2D eigenvalue weighted by atomic mass is 9.91. The minimum Gasteiger partial charge on any atom is -0.350 e. The van der Waals surface area contributed by atoms with E-state index in [4.69, 9.17) is 5.26 Å². The molecule has 1 aromatic rings. The number of nitrogens with zero attached hydrogens (tertiary/aromatic N) is 2. The SMILES string of the molecule is CCC(C)(C)NC(=O)CN1C(=O)NC(C)(c2cccc(C#N)c2)C1=O. The molecular weight excluding hydrogens is 320 g/mol. The molecule has 0 spiro atoms. The summed E-state index contributed by atoms with van der Waals surface area (Å²) in [4.78, 5) is 38.1. The van der Waals surface area contributed by atoms with Crippen LogP contribution in [0.2, 0.25) is 0 Å². The molecule has 0 aliphatic carbocycles. The van der Waals surface area contributed by atoms with Crippen molar-refractivity contribution in [1.29, 1.82) is 5.26 Å². The average molecular weight is 342 g/mol. The molecule has 25 heavy (non-hydrogen) atoms. The van der Waals surface area contributed by atoms with Gasteiger partial charge in [-0.15, -0.1) is 0 Å². The van der Waals surface area contributed by atoms with Crippen LogP contribution in [0.25, 0.3) is 0 Å². The van der Waals surface area contributed by atoms with Crippen LogP contribution < -0.4 is 10.6 Å². The molecule has 0 aromatic heterocycles. The van der Waals surface area contributed by atoms with E-state index >= 15 is 0 Å². The van der Waals surface area contributed by atoms with Crippen LogP contribution in [0.5, 0.6) is 0 Å². The summed E-state index contributed by atoms with van der Waals surface area (Å²) >= 11 is 0. The van der Waals surface area contributed by atoms with Crippen LogP contribution in [0.1, 0.15) is 45.2 Å². The average Bonchev–Trinajstić information content (AvgIpc) is 2.79. The van der Waals surface area contributed by atoms with E-state index in [0.717, 1.165) is 11.3 Å². The first-order chi connectivity index (χ1) is 11.6. The number of carbonyl (C=O) groups excluding carboxylic acids is 3. The fourth-order valence-corrected chi connectivity index (χ4v) is 2.58. The largest absolute Gasteiger partial charge is 0.350 e. The molecule has 2 rings (SSSR count). The summed E-state index contributed by atoms with van der Waals surface area (Å²) in [6.07, 6.45) is 0.720. The quantitative estimate of drug-likeness (QED) is 0.794. The van der Waals surface area contributed by atoms with Gasteiger partial charge in [0.2, 0.25) is 5.91 Å². The third-order valence-electron chi connectivity index (χ3n) is 4.51. The van der Waals surface area contributed by atoms with Gasteiger partial charge >= 0.3 is 6.03 Å². The van der Waals surface area contributed by atoms with E-state index in [1.54, 1.807) is 31.2 Å². The molecule has 1 heterocycles. The predicted molar refractivity (Wildman–Crippen MR) is 91.3 cm³/mol. The number of rotatable bonds is 5. The Labute approximate surface area is 147 Å². The summed E-state index contributed by atoms with van der Waals surface area (Å²) in [5.41, 5.74) is -0.825. The monoisotopic (exact) mass is 342 g/mol. The Bertz CT molecular complexity index is 766. The first-order valence-corrected chi connectivity index (χ1v) is 8.09. The summed E-state index contributed by atoms with van der Waals surface area (Å²) in [6, 6.07) is 7.88. The van der Waals surface area contributed by atoms with Crippen LogP contribution in [-0.4, -0.2) is 34.8 Å². The molecule has 4 amide bonds. The Morgan fingerprint density at radius 2 is 2.08 bits per heavy atom. The van der Waals surface area contributed by atoms with E-state index in [1.165, 1.54) is 0 Å². The van der Waals surface area contributed by atoms with Gasteiger partial charge in [0.15, 0.2) is 0 Å². The maximum Gasteiger partial charge on any atom is 0.325 e. The van der Waals surface area contributed by atoms with E-state index in [0.29, 0.717) is 11.1 Å². The third kappa shape index (κ3) is 3.63. The summed E-state index contributed by atoms with van der Waals surface area (Å²) in [5.74, 6) is -0.914. The van der Waals surface area contributed by atoms with Crippen LogP contribution >= 0.6 is 0 Å². The Kier molecular flexibility index (Phi) is 4.84. The molecule has 0 bridgehead atoms. The van der Waals surface area contributed by atoms with Crippen molar-refractivity contribution >= 4 is 17.8 Å². The number of nitriles is 1. The number of nitrogens with one attached hydrogen (secondary N) is 2. The van der Waals surface area contributed by atoms with Crippen molar-refractivity contribution in [2.75, 3.05) is 6.54 Å². The van der Waals surface area contributed by atoms with E-state index in [1.807, 2.05) is 26.8 Å². The normalized spacial score (nSPS) is 20.2. The molecule has 7 heteroatoms. The van der Waals surface area contributed by atoms with E-state index in [9.17, 15) is 14.4 Å². The van der Waals surface area contributed by atoms with Crippen LogP contribution in [0.3, 0.4) is 0 Å². The second kappa shape index (κ2) is 6.55. The first-order valence-electron chi connectivity index (χ1n) is 8.09. The molecule has 2 N–H and O–H groups in total. The van der Waals surface area contributed by atoms with Crippen molar-refractivity contribution < 1.29 is 14.4 Å². The third-order valence-corrected chi connectivity index (χ3v) is 4.51. The highest BCUT2D eigenvalue weighted by atomic mass is 16.2. The van der Waals surface area contributed by atoms with Gasteiger partial charge in [0.05, 0.1) is 11.6 Å². The van der Waals surface area contributed by atoms with E-state index in [2.05, 4.69) is 10.6 Å². The Hall–Kier alpha value is -2.88. The number of urea groups is 1. The standard InChI is InChI=1S/C18H22N4O3/c1-5-17(2,3)20-14(23)11-22-15(24)18(4,21-16(22)25)13-8-6-7-12(9-13)10-19/h6-9H,5,11H2,1-4H3,(H,20,23)(H,21,25). The lowest BCUT2D eigenvalue weighted by Gasteiger charge is -2.26. The van der Waals surface area contributed by atoms with Gasteiger partial charge in [-0.05, 0) is 44.9 Å². The lowest BCUT2D eigenvalue weighted by molar-refractivity contribution is -0.135. The van der Waals surface area contributed by atoms with Gasteiger partial charge in [-0.2, -0.15) is 5.26 Å². The summed E-state index contributed by atoms with van der Waals surface area (Å²) in [7, 11) is 0. The van der Waals surface area contributed by atoms with Gasteiger partial charge < -0.3 is 10.6 Å². The number of hydrogen-bond acceptors (Lipinski definition) is 4. The van der Waals surface area contributed by atoms with Crippen LogP contribution in [0.15, 0.2) is 24.3 Å². The molecule has 0 radical (unpaired) electrons. The predicted octanol–water partition coefficient (Wildman–Crippen LogP) is 1.63. The zero-order valence-corrected chi connectivity index (χ0v) is 14.8. The summed E-state index contributed by atoms with van der Waals surface area (Å²) < 4.78 is 0. The smallest absolute Gasteiger partial charge is 0.325 e. The van der Waals surface area contributed by atoms with Crippen molar-refractivity contribution in [2.45, 2.75) is 45.2 Å². The minimum absolute atomic E-state index is 0.346. The maximum atomic E-state index is 12.8. The van der Waals surface area contributed by atoms with Crippen LogP contribution in [0.4, 0.5) is 4.79 Å². The van der Waals surface area contributed by atoms with Crippen LogP contribution in [-0.2, 0) is 15.1 Å². The summed E-state index contributed by atoms with van der Waals surface area (Å²) in [6.45, 7) is 6.90. The highest BCUT2D eigenvalue weighted by Gasteiger charge is 2.49. The molecule has 0 saturated carbocycles. The Morgan fingerprint density at radius 1 is 1.40 bits per heavy atom. The van der Waals surface area contributed by atoms with Gasteiger partial charge in [0.25, 0.3) is 5.91 Å². The van der Waals surface area contributed by atoms with Gasteiger partial charge in [0, 0.05) is 5.54 Å². The van der Waals surface area contributed by atoms with Crippen LogP contribution in [0, 0.1) is 11.3 Å². The van der Waals surface area contributed by atoms with E-state index < -0.39 is 28.9 Å². The maximum absolute atomic E-state index is 12.8. The van der Waals surface area contributed by atoms with E-state index in [-0.39, 0.29) is 6.54 Å². The molecule has 1 aliphatic rings. The number of imide groups is 1. The van der Waals surface area contributed by atoms with Crippen molar-refractivity contribution in [3.63, 3.8) is 0 Å². The lowest BCUT2D eigenvalue weighted by Crippen LogP contribution is -2.49. The fraction of sp³-hybridized carbons (Fsp3) is 0.444. The molecule has 7 nitrogen and oxygen atoms in total. The molecule has 1 atom stereocenters. The van der Waals surface area contributed by atoms with Gasteiger partial charge in [-0.25, -0.2) is 4.79 Å². The highest BCUT2D eigenvalue weighted by Crippen LogP contribution is 2.29. The number of benzene rings is 1. The molecule has 132 valence electrons. The number of hydrogen-bond donors (Lipinski definition) is 2. The fourth-order valence-electron chi connectivity index (χ4n) is 2.58. The first kappa shape index (κ1) is 18.5. The molecule has 1 unspecified atom stereocenters. The summed E-state index contributed by atoms with van der Waals surface area (Å²) in [5, 5.41) is 14.5. The highest BCUT2D eigenvalue weighted by molar-refractivity contribution is 6.09. The minimum atomic E-state index is -1.30. The van der Waals surface area contributed by atoms with Gasteiger partial charge in [0.1, 0.15) is 12.1 Å². The second-order valence-corrected chi connectivity index (χ2v) is 6.92. The number of amides is 4. The second-order valence-electron chi connectivity index (χ2n) is 6.92. The van der Waals surface area contributed by atoms with Crippen molar-refractivity contribution in [1.82, 2.24) is 15.5 Å².